The Balaban J connectivity index is 1.99. The maximum atomic E-state index is 9.66. The van der Waals surface area contributed by atoms with Crippen LogP contribution in [-0.2, 0) is 7.05 Å². The fraction of sp³-hybridized carbons (Fsp3) is 0.0952. The number of benzene rings is 2. The van der Waals surface area contributed by atoms with Crippen LogP contribution in [0.1, 0.15) is 5.56 Å². The molecular weight excluding hydrogens is 360 g/mol. The second-order valence-electron chi connectivity index (χ2n) is 6.04. The van der Waals surface area contributed by atoms with Crippen molar-refractivity contribution in [1.29, 1.82) is 5.26 Å². The molecular formula is C21H15ClN4O. The number of nitrogens with zero attached hydrogens (tertiary/aromatic N) is 4. The predicted octanol–water partition coefficient (Wildman–Crippen LogP) is 4.84. The molecule has 5 nitrogen and oxygen atoms in total. The largest absolute Gasteiger partial charge is 0.480 e. The summed E-state index contributed by atoms with van der Waals surface area (Å²) >= 11 is 6.01. The zero-order chi connectivity index (χ0) is 19.0. The predicted molar refractivity (Wildman–Crippen MR) is 106 cm³/mol. The first-order valence-corrected chi connectivity index (χ1v) is 8.67. The van der Waals surface area contributed by atoms with Crippen LogP contribution in [0.25, 0.3) is 33.7 Å². The van der Waals surface area contributed by atoms with E-state index in [0.29, 0.717) is 22.1 Å². The number of hydrogen-bond acceptors (Lipinski definition) is 4. The Morgan fingerprint density at radius 3 is 2.48 bits per heavy atom. The van der Waals surface area contributed by atoms with E-state index >= 15 is 0 Å². The summed E-state index contributed by atoms with van der Waals surface area (Å²) < 4.78 is 7.38. The molecule has 2 heterocycles. The van der Waals surface area contributed by atoms with Gasteiger partial charge in [0.15, 0.2) is 5.82 Å². The molecule has 27 heavy (non-hydrogen) atoms. The Bertz CT molecular complexity index is 1190. The van der Waals surface area contributed by atoms with Crippen LogP contribution in [0.3, 0.4) is 0 Å². The minimum Gasteiger partial charge on any atom is -0.480 e. The van der Waals surface area contributed by atoms with Crippen molar-refractivity contribution in [2.45, 2.75) is 0 Å². The van der Waals surface area contributed by atoms with Gasteiger partial charge in [-0.1, -0.05) is 35.9 Å². The molecule has 0 unspecified atom stereocenters. The highest BCUT2D eigenvalue weighted by atomic mass is 35.5. The number of halogens is 1. The lowest BCUT2D eigenvalue weighted by molar-refractivity contribution is 0.397. The number of hydrogen-bond donors (Lipinski definition) is 0. The van der Waals surface area contributed by atoms with Gasteiger partial charge in [-0.3, -0.25) is 0 Å². The van der Waals surface area contributed by atoms with E-state index in [1.807, 2.05) is 54.1 Å². The van der Waals surface area contributed by atoms with Crippen molar-refractivity contribution in [3.05, 3.63) is 65.2 Å². The van der Waals surface area contributed by atoms with Gasteiger partial charge >= 0.3 is 0 Å². The fourth-order valence-electron chi connectivity index (χ4n) is 3.12. The van der Waals surface area contributed by atoms with E-state index in [-0.39, 0.29) is 5.88 Å². The van der Waals surface area contributed by atoms with Crippen LogP contribution < -0.4 is 4.74 Å². The minimum atomic E-state index is 0.270. The van der Waals surface area contributed by atoms with Gasteiger partial charge in [-0.2, -0.15) is 5.26 Å². The molecule has 0 aliphatic rings. The van der Waals surface area contributed by atoms with Crippen molar-refractivity contribution in [1.82, 2.24) is 14.5 Å². The van der Waals surface area contributed by atoms with Crippen molar-refractivity contribution in [2.75, 3.05) is 7.11 Å². The van der Waals surface area contributed by atoms with Crippen LogP contribution in [0.15, 0.2) is 54.6 Å². The molecule has 0 radical (unpaired) electrons. The van der Waals surface area contributed by atoms with E-state index < -0.39 is 0 Å². The summed E-state index contributed by atoms with van der Waals surface area (Å²) in [6, 6.07) is 19.3. The van der Waals surface area contributed by atoms with Gasteiger partial charge in [0.2, 0.25) is 5.88 Å². The molecule has 6 heteroatoms. The SMILES string of the molecule is COc1nc(-c2nc3ccccc3n2C)cc(-c2ccc(Cl)cc2)c1C#N. The number of rotatable bonds is 3. The van der Waals surface area contributed by atoms with Gasteiger partial charge in [0.05, 0.1) is 18.1 Å². The van der Waals surface area contributed by atoms with Crippen molar-refractivity contribution in [2.24, 2.45) is 7.05 Å². The van der Waals surface area contributed by atoms with Gasteiger partial charge in [-0.05, 0) is 35.9 Å². The first-order chi connectivity index (χ1) is 13.1. The molecule has 0 saturated carbocycles. The molecule has 132 valence electrons. The normalized spacial score (nSPS) is 10.7. The molecule has 2 aromatic carbocycles. The van der Waals surface area contributed by atoms with Gasteiger partial charge in [0.1, 0.15) is 17.3 Å². The number of aryl methyl sites for hydroxylation is 1. The van der Waals surface area contributed by atoms with Gasteiger partial charge in [-0.15, -0.1) is 0 Å². The third-order valence-electron chi connectivity index (χ3n) is 4.46. The van der Waals surface area contributed by atoms with Gasteiger partial charge in [-0.25, -0.2) is 9.97 Å². The average Bonchev–Trinajstić information content (AvgIpc) is 3.04. The Kier molecular flexibility index (Phi) is 4.27. The Morgan fingerprint density at radius 1 is 1.07 bits per heavy atom. The van der Waals surface area contributed by atoms with E-state index in [1.54, 1.807) is 12.1 Å². The van der Waals surface area contributed by atoms with Crippen molar-refractivity contribution < 1.29 is 4.74 Å². The van der Waals surface area contributed by atoms with E-state index in [4.69, 9.17) is 21.3 Å². The van der Waals surface area contributed by atoms with E-state index in [0.717, 1.165) is 22.2 Å². The lowest BCUT2D eigenvalue weighted by Gasteiger charge is -2.11. The van der Waals surface area contributed by atoms with Crippen LogP contribution in [0, 0.1) is 11.3 Å². The summed E-state index contributed by atoms with van der Waals surface area (Å²) in [6.07, 6.45) is 0. The van der Waals surface area contributed by atoms with E-state index in [2.05, 4.69) is 11.1 Å². The van der Waals surface area contributed by atoms with Crippen LogP contribution in [0.5, 0.6) is 5.88 Å². The third-order valence-corrected chi connectivity index (χ3v) is 4.71. The molecule has 4 rings (SSSR count). The highest BCUT2D eigenvalue weighted by Gasteiger charge is 2.19. The number of para-hydroxylation sites is 2. The molecule has 4 aromatic rings. The van der Waals surface area contributed by atoms with Crippen LogP contribution in [0.4, 0.5) is 0 Å². The van der Waals surface area contributed by atoms with Crippen LogP contribution >= 0.6 is 11.6 Å². The number of nitriles is 1. The summed E-state index contributed by atoms with van der Waals surface area (Å²) in [6.45, 7) is 0. The van der Waals surface area contributed by atoms with Crippen molar-refractivity contribution >= 4 is 22.6 Å². The molecule has 0 spiro atoms. The Morgan fingerprint density at radius 2 is 1.81 bits per heavy atom. The molecule has 0 amide bonds. The number of pyridine rings is 1. The minimum absolute atomic E-state index is 0.270. The van der Waals surface area contributed by atoms with E-state index in [9.17, 15) is 5.26 Å². The quantitative estimate of drug-likeness (QED) is 0.515. The molecule has 2 aromatic heterocycles. The van der Waals surface area contributed by atoms with Gasteiger partial charge in [0, 0.05) is 17.6 Å². The van der Waals surface area contributed by atoms with Crippen molar-refractivity contribution in [3.63, 3.8) is 0 Å². The second-order valence-corrected chi connectivity index (χ2v) is 6.48. The number of fused-ring (bicyclic) bond motifs is 1. The van der Waals surface area contributed by atoms with Gasteiger partial charge < -0.3 is 9.30 Å². The lowest BCUT2D eigenvalue weighted by Crippen LogP contribution is -2.01. The molecule has 0 N–H and O–H groups in total. The van der Waals surface area contributed by atoms with Crippen LogP contribution in [0.2, 0.25) is 5.02 Å². The first kappa shape index (κ1) is 17.1. The topological polar surface area (TPSA) is 63.7 Å². The summed E-state index contributed by atoms with van der Waals surface area (Å²) in [4.78, 5) is 9.24. The Hall–Kier alpha value is -3.36. The van der Waals surface area contributed by atoms with E-state index in [1.165, 1.54) is 7.11 Å². The number of ether oxygens (including phenoxy) is 1. The lowest BCUT2D eigenvalue weighted by atomic mass is 10.0. The number of methoxy groups -OCH3 is 1. The van der Waals surface area contributed by atoms with Crippen LogP contribution in [-0.4, -0.2) is 21.6 Å². The summed E-state index contributed by atoms with van der Waals surface area (Å²) in [7, 11) is 3.45. The molecule has 0 aliphatic heterocycles. The highest BCUT2D eigenvalue weighted by Crippen LogP contribution is 2.34. The molecule has 0 bridgehead atoms. The maximum absolute atomic E-state index is 9.66. The summed E-state index contributed by atoms with van der Waals surface area (Å²) in [5.41, 5.74) is 4.48. The first-order valence-electron chi connectivity index (χ1n) is 8.29. The summed E-state index contributed by atoms with van der Waals surface area (Å²) in [5.74, 6) is 0.973. The standard InChI is InChI=1S/C21H15ClN4O/c1-26-19-6-4-3-5-17(19)24-20(26)18-11-15(13-7-9-14(22)10-8-13)16(12-23)21(25-18)27-2/h3-11H,1-2H3. The zero-order valence-electron chi connectivity index (χ0n) is 14.8. The van der Waals surface area contributed by atoms with Crippen molar-refractivity contribution in [3.8, 4) is 34.6 Å². The average molecular weight is 375 g/mol. The number of imidazole rings is 1. The third kappa shape index (κ3) is 2.90. The second kappa shape index (κ2) is 6.75. The number of aromatic nitrogens is 3. The molecule has 0 atom stereocenters. The maximum Gasteiger partial charge on any atom is 0.232 e. The fourth-order valence-corrected chi connectivity index (χ4v) is 3.25. The molecule has 0 fully saturated rings. The smallest absolute Gasteiger partial charge is 0.232 e. The molecule has 0 saturated heterocycles. The zero-order valence-corrected chi connectivity index (χ0v) is 15.5. The monoisotopic (exact) mass is 374 g/mol. The molecule has 0 aliphatic carbocycles. The highest BCUT2D eigenvalue weighted by molar-refractivity contribution is 6.30. The Labute approximate surface area is 161 Å². The summed E-state index contributed by atoms with van der Waals surface area (Å²) in [5, 5.41) is 10.3. The van der Waals surface area contributed by atoms with Gasteiger partial charge in [0.25, 0.3) is 0 Å².